The molecule has 1 atom stereocenters. The van der Waals surface area contributed by atoms with Gasteiger partial charge < -0.3 is 10.1 Å². The summed E-state index contributed by atoms with van der Waals surface area (Å²) in [5.74, 6) is 0.563. The van der Waals surface area contributed by atoms with Crippen molar-refractivity contribution in [1.29, 1.82) is 0 Å². The van der Waals surface area contributed by atoms with Gasteiger partial charge in [-0.05, 0) is 18.4 Å². The summed E-state index contributed by atoms with van der Waals surface area (Å²) in [6.07, 6.45) is 0. The van der Waals surface area contributed by atoms with Crippen molar-refractivity contribution >= 4 is 23.6 Å². The molecule has 0 bridgehead atoms. The molecule has 1 N–H and O–H groups in total. The first-order valence-electron chi connectivity index (χ1n) is 6.94. The number of nitrogens with one attached hydrogen (secondary N) is 1. The van der Waals surface area contributed by atoms with Crippen LogP contribution in [0.4, 0.5) is 0 Å². The van der Waals surface area contributed by atoms with Crippen molar-refractivity contribution in [2.75, 3.05) is 12.9 Å². The van der Waals surface area contributed by atoms with Crippen LogP contribution in [0.3, 0.4) is 0 Å². The van der Waals surface area contributed by atoms with E-state index >= 15 is 0 Å². The van der Waals surface area contributed by atoms with E-state index in [1.165, 1.54) is 30.0 Å². The van der Waals surface area contributed by atoms with Crippen LogP contribution in [0.1, 0.15) is 25.0 Å². The van der Waals surface area contributed by atoms with E-state index in [4.69, 9.17) is 4.74 Å². The van der Waals surface area contributed by atoms with E-state index in [1.807, 2.05) is 20.8 Å². The molecule has 0 radical (unpaired) electrons. The van der Waals surface area contributed by atoms with Crippen molar-refractivity contribution in [3.8, 4) is 0 Å². The van der Waals surface area contributed by atoms with Crippen molar-refractivity contribution < 1.29 is 14.3 Å². The van der Waals surface area contributed by atoms with E-state index in [1.54, 1.807) is 0 Å². The summed E-state index contributed by atoms with van der Waals surface area (Å²) in [4.78, 5) is 23.5. The second kappa shape index (κ2) is 8.72. The fourth-order valence-corrected chi connectivity index (χ4v) is 2.58. The van der Waals surface area contributed by atoms with Gasteiger partial charge in [0.1, 0.15) is 6.04 Å². The van der Waals surface area contributed by atoms with Crippen LogP contribution in [0.25, 0.3) is 0 Å². The molecule has 0 heterocycles. The first-order chi connectivity index (χ1) is 9.93. The molecule has 0 saturated carbocycles. The average molecular weight is 309 g/mol. The average Bonchev–Trinajstić information content (AvgIpc) is 2.45. The SMILES string of the molecule is COC(=O)C(NC(=O)CSCc1ccc(C)cc1)C(C)C. The number of esters is 1. The second-order valence-electron chi connectivity index (χ2n) is 5.29. The summed E-state index contributed by atoms with van der Waals surface area (Å²) in [7, 11) is 1.33. The Balaban J connectivity index is 2.39. The highest BCUT2D eigenvalue weighted by atomic mass is 32.2. The molecule has 0 aliphatic heterocycles. The van der Waals surface area contributed by atoms with E-state index in [9.17, 15) is 9.59 Å². The zero-order chi connectivity index (χ0) is 15.8. The maximum atomic E-state index is 11.9. The van der Waals surface area contributed by atoms with Crippen LogP contribution in [0, 0.1) is 12.8 Å². The quantitative estimate of drug-likeness (QED) is 0.787. The number of ether oxygens (including phenoxy) is 1. The highest BCUT2D eigenvalue weighted by Gasteiger charge is 2.24. The number of aryl methyl sites for hydroxylation is 1. The van der Waals surface area contributed by atoms with E-state index in [0.29, 0.717) is 5.75 Å². The van der Waals surface area contributed by atoms with Crippen LogP contribution >= 0.6 is 11.8 Å². The highest BCUT2D eigenvalue weighted by Crippen LogP contribution is 2.13. The van der Waals surface area contributed by atoms with Gasteiger partial charge in [0, 0.05) is 5.75 Å². The monoisotopic (exact) mass is 309 g/mol. The molecule has 0 aromatic heterocycles. The lowest BCUT2D eigenvalue weighted by atomic mass is 10.1. The Bertz CT molecular complexity index is 471. The Morgan fingerprint density at radius 3 is 2.38 bits per heavy atom. The third-order valence-corrected chi connectivity index (χ3v) is 4.06. The largest absolute Gasteiger partial charge is 0.467 e. The number of hydrogen-bond acceptors (Lipinski definition) is 4. The molecule has 116 valence electrons. The van der Waals surface area contributed by atoms with Crippen molar-refractivity contribution in [1.82, 2.24) is 5.32 Å². The molecule has 0 aliphatic rings. The fraction of sp³-hybridized carbons (Fsp3) is 0.500. The molecular weight excluding hydrogens is 286 g/mol. The number of hydrogen-bond donors (Lipinski definition) is 1. The van der Waals surface area contributed by atoms with Gasteiger partial charge in [-0.25, -0.2) is 4.79 Å². The first-order valence-corrected chi connectivity index (χ1v) is 8.10. The van der Waals surface area contributed by atoms with Crippen LogP contribution in [-0.4, -0.2) is 30.8 Å². The van der Waals surface area contributed by atoms with Crippen molar-refractivity contribution in [3.63, 3.8) is 0 Å². The Morgan fingerprint density at radius 1 is 1.24 bits per heavy atom. The van der Waals surface area contributed by atoms with Gasteiger partial charge in [0.2, 0.25) is 5.91 Å². The van der Waals surface area contributed by atoms with Gasteiger partial charge in [0.05, 0.1) is 12.9 Å². The van der Waals surface area contributed by atoms with Crippen molar-refractivity contribution in [2.24, 2.45) is 5.92 Å². The summed E-state index contributed by atoms with van der Waals surface area (Å²) >= 11 is 1.53. The maximum Gasteiger partial charge on any atom is 0.328 e. The lowest BCUT2D eigenvalue weighted by Gasteiger charge is -2.19. The smallest absolute Gasteiger partial charge is 0.328 e. The topological polar surface area (TPSA) is 55.4 Å². The lowest BCUT2D eigenvalue weighted by molar-refractivity contribution is -0.146. The van der Waals surface area contributed by atoms with E-state index in [2.05, 4.69) is 29.6 Å². The van der Waals surface area contributed by atoms with Crippen LogP contribution in [-0.2, 0) is 20.1 Å². The molecule has 4 nitrogen and oxygen atoms in total. The predicted molar refractivity (Wildman–Crippen MR) is 86.1 cm³/mol. The second-order valence-corrected chi connectivity index (χ2v) is 6.28. The summed E-state index contributed by atoms with van der Waals surface area (Å²) in [5.41, 5.74) is 2.41. The minimum atomic E-state index is -0.581. The lowest BCUT2D eigenvalue weighted by Crippen LogP contribution is -2.45. The minimum absolute atomic E-state index is 0.00324. The van der Waals surface area contributed by atoms with E-state index in [0.717, 1.165) is 5.75 Å². The van der Waals surface area contributed by atoms with Gasteiger partial charge >= 0.3 is 5.97 Å². The summed E-state index contributed by atoms with van der Waals surface area (Å²) in [6.45, 7) is 5.80. The molecule has 1 aromatic rings. The third-order valence-electron chi connectivity index (χ3n) is 3.06. The molecule has 1 aromatic carbocycles. The Kier molecular flexibility index (Phi) is 7.29. The Hall–Kier alpha value is -1.49. The maximum absolute atomic E-state index is 11.9. The molecule has 0 saturated heterocycles. The molecule has 0 aliphatic carbocycles. The van der Waals surface area contributed by atoms with Gasteiger partial charge in [-0.2, -0.15) is 0 Å². The molecule has 21 heavy (non-hydrogen) atoms. The molecule has 1 amide bonds. The Labute approximate surface area is 130 Å². The number of rotatable bonds is 7. The molecule has 1 unspecified atom stereocenters. The highest BCUT2D eigenvalue weighted by molar-refractivity contribution is 7.99. The van der Waals surface area contributed by atoms with Gasteiger partial charge in [-0.3, -0.25) is 4.79 Å². The molecular formula is C16H23NO3S. The number of carbonyl (C=O) groups is 2. The number of amides is 1. The number of thioether (sulfide) groups is 1. The minimum Gasteiger partial charge on any atom is -0.467 e. The number of methoxy groups -OCH3 is 1. The van der Waals surface area contributed by atoms with E-state index < -0.39 is 12.0 Å². The van der Waals surface area contributed by atoms with Gasteiger partial charge in [-0.1, -0.05) is 43.7 Å². The summed E-state index contributed by atoms with van der Waals surface area (Å²) in [6, 6.07) is 7.66. The fourth-order valence-electron chi connectivity index (χ4n) is 1.79. The van der Waals surface area contributed by atoms with Crippen LogP contribution < -0.4 is 5.32 Å². The van der Waals surface area contributed by atoms with Crippen molar-refractivity contribution in [3.05, 3.63) is 35.4 Å². The molecule has 0 spiro atoms. The Morgan fingerprint density at radius 2 is 1.86 bits per heavy atom. The van der Waals surface area contributed by atoms with Crippen LogP contribution in [0.5, 0.6) is 0 Å². The van der Waals surface area contributed by atoms with Crippen LogP contribution in [0.15, 0.2) is 24.3 Å². The summed E-state index contributed by atoms with van der Waals surface area (Å²) in [5, 5.41) is 2.73. The number of benzene rings is 1. The normalized spacial score (nSPS) is 12.0. The number of carbonyl (C=O) groups excluding carboxylic acids is 2. The van der Waals surface area contributed by atoms with Gasteiger partial charge in [0.25, 0.3) is 0 Å². The summed E-state index contributed by atoms with van der Waals surface area (Å²) < 4.78 is 4.70. The zero-order valence-electron chi connectivity index (χ0n) is 13.0. The van der Waals surface area contributed by atoms with E-state index in [-0.39, 0.29) is 11.8 Å². The van der Waals surface area contributed by atoms with Crippen molar-refractivity contribution in [2.45, 2.75) is 32.6 Å². The standard InChI is InChI=1S/C16H23NO3S/c1-11(2)15(16(19)20-4)17-14(18)10-21-9-13-7-5-12(3)6-8-13/h5-8,11,15H,9-10H2,1-4H3,(H,17,18). The molecule has 5 heteroatoms. The molecule has 0 fully saturated rings. The predicted octanol–water partition coefficient (Wildman–Crippen LogP) is 2.54. The third kappa shape index (κ3) is 6.21. The van der Waals surface area contributed by atoms with Gasteiger partial charge in [0.15, 0.2) is 0 Å². The van der Waals surface area contributed by atoms with Gasteiger partial charge in [-0.15, -0.1) is 11.8 Å². The first kappa shape index (κ1) is 17.6. The van der Waals surface area contributed by atoms with Crippen LogP contribution in [0.2, 0.25) is 0 Å². The molecule has 1 rings (SSSR count). The zero-order valence-corrected chi connectivity index (χ0v) is 13.8.